The van der Waals surface area contributed by atoms with Crippen molar-refractivity contribution in [2.24, 2.45) is 5.92 Å². The van der Waals surface area contributed by atoms with Gasteiger partial charge in [0.2, 0.25) is 0 Å². The summed E-state index contributed by atoms with van der Waals surface area (Å²) < 4.78 is 2.00. The highest BCUT2D eigenvalue weighted by molar-refractivity contribution is 7.77. The van der Waals surface area contributed by atoms with Crippen molar-refractivity contribution in [2.45, 2.75) is 25.8 Å². The van der Waals surface area contributed by atoms with Gasteiger partial charge in [-0.3, -0.25) is 4.79 Å². The van der Waals surface area contributed by atoms with Crippen LogP contribution < -0.4 is 0 Å². The topological polar surface area (TPSA) is 20.3 Å². The molecular weight excluding hydrogens is 218 g/mol. The van der Waals surface area contributed by atoms with Gasteiger partial charge < -0.3 is 0 Å². The SMILES string of the molecule is CC(=O)[C@H]1CC[C@@H](c2ccccc2)N(S)C1. The summed E-state index contributed by atoms with van der Waals surface area (Å²) >= 11 is 4.50. The molecule has 0 aromatic heterocycles. The Morgan fingerprint density at radius 3 is 2.56 bits per heavy atom. The second-order valence-corrected chi connectivity index (χ2v) is 4.95. The monoisotopic (exact) mass is 235 g/mol. The average molecular weight is 235 g/mol. The Labute approximate surface area is 102 Å². The van der Waals surface area contributed by atoms with Crippen LogP contribution in [0.15, 0.2) is 30.3 Å². The molecule has 1 aromatic rings. The summed E-state index contributed by atoms with van der Waals surface area (Å²) in [6, 6.07) is 10.7. The molecule has 86 valence electrons. The van der Waals surface area contributed by atoms with E-state index in [-0.39, 0.29) is 11.7 Å². The maximum atomic E-state index is 11.3. The molecule has 0 radical (unpaired) electrons. The number of ketones is 1. The summed E-state index contributed by atoms with van der Waals surface area (Å²) in [5.41, 5.74) is 1.29. The largest absolute Gasteiger partial charge is 0.300 e. The Bertz CT molecular complexity index is 365. The molecule has 0 amide bonds. The van der Waals surface area contributed by atoms with Crippen LogP contribution in [0.2, 0.25) is 0 Å². The van der Waals surface area contributed by atoms with Gasteiger partial charge in [0.15, 0.2) is 0 Å². The van der Waals surface area contributed by atoms with Crippen molar-refractivity contribution in [1.82, 2.24) is 4.31 Å². The number of carbonyl (C=O) groups excluding carboxylic acids is 1. The predicted octanol–water partition coefficient (Wildman–Crippen LogP) is 2.87. The molecule has 1 saturated heterocycles. The summed E-state index contributed by atoms with van der Waals surface area (Å²) in [5.74, 6) is 0.447. The van der Waals surface area contributed by atoms with E-state index in [4.69, 9.17) is 0 Å². The van der Waals surface area contributed by atoms with E-state index in [0.29, 0.717) is 6.04 Å². The molecule has 1 aliphatic rings. The molecule has 0 spiro atoms. The predicted molar refractivity (Wildman–Crippen MR) is 68.3 cm³/mol. The number of piperidine rings is 1. The number of nitrogens with zero attached hydrogens (tertiary/aromatic N) is 1. The third kappa shape index (κ3) is 2.47. The van der Waals surface area contributed by atoms with Gasteiger partial charge in [-0.05, 0) is 25.3 Å². The standard InChI is InChI=1S/C13H17NOS/c1-10(15)12-7-8-13(14(16)9-12)11-5-3-2-4-6-11/h2-6,12-13,16H,7-9H2,1H3/t12-,13-/m0/s1. The Morgan fingerprint density at radius 2 is 2.00 bits per heavy atom. The Balaban J connectivity index is 2.08. The minimum Gasteiger partial charge on any atom is -0.300 e. The maximum Gasteiger partial charge on any atom is 0.134 e. The lowest BCUT2D eigenvalue weighted by atomic mass is 9.89. The maximum absolute atomic E-state index is 11.3. The van der Waals surface area contributed by atoms with Crippen molar-refractivity contribution in [2.75, 3.05) is 6.54 Å². The Hall–Kier alpha value is -0.800. The van der Waals surface area contributed by atoms with Crippen LogP contribution in [0.1, 0.15) is 31.4 Å². The lowest BCUT2D eigenvalue weighted by Crippen LogP contribution is -2.34. The first-order chi connectivity index (χ1) is 7.68. The van der Waals surface area contributed by atoms with E-state index in [1.54, 1.807) is 6.92 Å². The summed E-state index contributed by atoms with van der Waals surface area (Å²) in [6.07, 6.45) is 1.99. The van der Waals surface area contributed by atoms with Crippen molar-refractivity contribution in [3.05, 3.63) is 35.9 Å². The molecule has 16 heavy (non-hydrogen) atoms. The molecule has 1 fully saturated rings. The van der Waals surface area contributed by atoms with E-state index < -0.39 is 0 Å². The molecule has 3 heteroatoms. The lowest BCUT2D eigenvalue weighted by molar-refractivity contribution is -0.122. The van der Waals surface area contributed by atoms with E-state index in [0.717, 1.165) is 19.4 Å². The zero-order chi connectivity index (χ0) is 11.5. The Kier molecular flexibility index (Phi) is 3.66. The molecule has 1 aliphatic heterocycles. The van der Waals surface area contributed by atoms with Gasteiger partial charge in [0, 0.05) is 18.5 Å². The second kappa shape index (κ2) is 5.02. The van der Waals surface area contributed by atoms with Crippen LogP contribution in [-0.4, -0.2) is 16.6 Å². The normalized spacial score (nSPS) is 26.6. The summed E-state index contributed by atoms with van der Waals surface area (Å²) in [5, 5.41) is 0. The van der Waals surface area contributed by atoms with Crippen molar-refractivity contribution >= 4 is 18.6 Å². The van der Waals surface area contributed by atoms with Crippen LogP contribution in [0.5, 0.6) is 0 Å². The van der Waals surface area contributed by atoms with Gasteiger partial charge >= 0.3 is 0 Å². The highest BCUT2D eigenvalue weighted by Gasteiger charge is 2.29. The molecule has 1 heterocycles. The number of carbonyl (C=O) groups is 1. The van der Waals surface area contributed by atoms with Crippen LogP contribution in [0.4, 0.5) is 0 Å². The number of benzene rings is 1. The van der Waals surface area contributed by atoms with E-state index in [1.165, 1.54) is 5.56 Å². The number of hydrogen-bond acceptors (Lipinski definition) is 3. The van der Waals surface area contributed by atoms with Crippen molar-refractivity contribution in [1.29, 1.82) is 0 Å². The van der Waals surface area contributed by atoms with Gasteiger partial charge in [0.25, 0.3) is 0 Å². The smallest absolute Gasteiger partial charge is 0.134 e. The molecule has 0 saturated carbocycles. The summed E-state index contributed by atoms with van der Waals surface area (Å²) in [7, 11) is 0. The lowest BCUT2D eigenvalue weighted by Gasteiger charge is -2.35. The third-order valence-corrected chi connectivity index (χ3v) is 3.76. The highest BCUT2D eigenvalue weighted by atomic mass is 32.1. The highest BCUT2D eigenvalue weighted by Crippen LogP contribution is 2.34. The Morgan fingerprint density at radius 1 is 1.31 bits per heavy atom. The van der Waals surface area contributed by atoms with Gasteiger partial charge in [0.05, 0.1) is 0 Å². The number of rotatable bonds is 2. The van der Waals surface area contributed by atoms with Crippen molar-refractivity contribution in [3.8, 4) is 0 Å². The fourth-order valence-corrected chi connectivity index (χ4v) is 2.74. The minimum absolute atomic E-state index is 0.164. The van der Waals surface area contributed by atoms with Crippen molar-refractivity contribution < 1.29 is 4.79 Å². The van der Waals surface area contributed by atoms with E-state index >= 15 is 0 Å². The molecular formula is C13H17NOS. The molecule has 0 bridgehead atoms. The fourth-order valence-electron chi connectivity index (χ4n) is 2.30. The fraction of sp³-hybridized carbons (Fsp3) is 0.462. The molecule has 2 atom stereocenters. The molecule has 2 nitrogen and oxygen atoms in total. The number of thiol groups is 1. The van der Waals surface area contributed by atoms with Gasteiger partial charge in [0.1, 0.15) is 5.78 Å². The zero-order valence-electron chi connectivity index (χ0n) is 9.47. The van der Waals surface area contributed by atoms with Gasteiger partial charge in [-0.25, -0.2) is 4.31 Å². The third-order valence-electron chi connectivity index (χ3n) is 3.32. The number of Topliss-reactive ketones (excluding diaryl/α,β-unsaturated/α-hetero) is 1. The molecule has 0 unspecified atom stereocenters. The van der Waals surface area contributed by atoms with Gasteiger partial charge in [-0.15, -0.1) is 0 Å². The van der Waals surface area contributed by atoms with Gasteiger partial charge in [-0.2, -0.15) is 0 Å². The van der Waals surface area contributed by atoms with Crippen LogP contribution in [-0.2, 0) is 4.79 Å². The van der Waals surface area contributed by atoms with Crippen LogP contribution in [0.25, 0.3) is 0 Å². The van der Waals surface area contributed by atoms with E-state index in [2.05, 4.69) is 24.9 Å². The average Bonchev–Trinajstić information content (AvgIpc) is 2.30. The van der Waals surface area contributed by atoms with E-state index in [9.17, 15) is 4.79 Å². The second-order valence-electron chi connectivity index (χ2n) is 4.43. The first-order valence-electron chi connectivity index (χ1n) is 5.69. The molecule has 1 aromatic carbocycles. The van der Waals surface area contributed by atoms with Crippen LogP contribution in [0.3, 0.4) is 0 Å². The van der Waals surface area contributed by atoms with Crippen LogP contribution in [0, 0.1) is 5.92 Å². The zero-order valence-corrected chi connectivity index (χ0v) is 10.4. The molecule has 2 rings (SSSR count). The quantitative estimate of drug-likeness (QED) is 0.795. The summed E-state index contributed by atoms with van der Waals surface area (Å²) in [6.45, 7) is 2.44. The van der Waals surface area contributed by atoms with Crippen molar-refractivity contribution in [3.63, 3.8) is 0 Å². The molecule has 0 N–H and O–H groups in total. The van der Waals surface area contributed by atoms with Crippen LogP contribution >= 0.6 is 12.8 Å². The van der Waals surface area contributed by atoms with Gasteiger partial charge in [-0.1, -0.05) is 43.1 Å². The number of hydrogen-bond donors (Lipinski definition) is 1. The first kappa shape index (κ1) is 11.7. The summed E-state index contributed by atoms with van der Waals surface area (Å²) in [4.78, 5) is 11.3. The minimum atomic E-state index is 0.164. The van der Waals surface area contributed by atoms with E-state index in [1.807, 2.05) is 22.5 Å². The molecule has 0 aliphatic carbocycles. The first-order valence-corrected chi connectivity index (χ1v) is 6.09.